The maximum absolute atomic E-state index is 5.29. The van der Waals surface area contributed by atoms with Crippen LogP contribution < -0.4 is 0 Å². The highest BCUT2D eigenvalue weighted by atomic mass is 15.5. The minimum Gasteiger partial charge on any atom is -0.307 e. The number of benzene rings is 14. The van der Waals surface area contributed by atoms with Crippen LogP contribution in [0.1, 0.15) is 0 Å². The van der Waals surface area contributed by atoms with E-state index in [1.807, 2.05) is 109 Å². The zero-order chi connectivity index (χ0) is 69.2. The van der Waals surface area contributed by atoms with E-state index in [2.05, 4.69) is 233 Å². The number of hydrogen-bond donors (Lipinski definition) is 0. The highest BCUT2D eigenvalue weighted by Gasteiger charge is 2.29. The van der Waals surface area contributed by atoms with Gasteiger partial charge in [0.2, 0.25) is 11.6 Å². The molecule has 496 valence electrons. The standard InChI is InChI=1S/C44H26N12.C42H26N8/c1-2-14-28-27(13-1)47-55(48-28)41-25-39(53-37-23-11-9-21-35(37)51-33-19-7-5-17-31(33)45-43(51)53)40(26-42(41)56-49-29-15-3-4-16-30(29)50-56)54-38-24-12-10-22-36(38)52-34-20-8-6-18-32(34)46-44(52)54;1-9-21-35-27(13-1)28-14-2-10-22-36(28)47(35)39-25-41(49-43-31-17-5-6-18-32(31)44-49)42(50-45-33-19-7-8-20-34(33)46-50)26-40(39)48-37-23-11-3-15-29(37)30-16-4-12-24-38(30)48/h1-26H;1-26H. The van der Waals surface area contributed by atoms with E-state index in [9.17, 15) is 0 Å². The van der Waals surface area contributed by atoms with E-state index in [1.165, 1.54) is 21.5 Å². The van der Waals surface area contributed by atoms with Gasteiger partial charge in [-0.05, 0) is 146 Å². The summed E-state index contributed by atoms with van der Waals surface area (Å²) >= 11 is 0. The quantitative estimate of drug-likeness (QED) is 0.142. The van der Waals surface area contributed by atoms with Crippen LogP contribution >= 0.6 is 0 Å². The molecule has 0 N–H and O–H groups in total. The van der Waals surface area contributed by atoms with Gasteiger partial charge in [-0.3, -0.25) is 17.9 Å². The van der Waals surface area contributed by atoms with Crippen molar-refractivity contribution < 1.29 is 0 Å². The van der Waals surface area contributed by atoms with E-state index in [1.54, 1.807) is 19.2 Å². The summed E-state index contributed by atoms with van der Waals surface area (Å²) in [6.45, 7) is 0. The number of fused-ring (bicyclic) bond motifs is 20. The van der Waals surface area contributed by atoms with Gasteiger partial charge in [-0.15, -0.1) is 60.0 Å². The summed E-state index contributed by atoms with van der Waals surface area (Å²) in [4.78, 5) is 17.4. The highest BCUT2D eigenvalue weighted by molar-refractivity contribution is 6.12. The Labute approximate surface area is 598 Å². The Balaban J connectivity index is 0.000000130. The normalized spacial score (nSPS) is 12.2. The maximum atomic E-state index is 5.29. The summed E-state index contributed by atoms with van der Waals surface area (Å²) < 4.78 is 13.7. The monoisotopic (exact) mass is 1360 g/mol. The maximum Gasteiger partial charge on any atom is 0.220 e. The van der Waals surface area contributed by atoms with Gasteiger partial charge >= 0.3 is 0 Å². The molecule has 0 aliphatic rings. The molecule has 20 nitrogen and oxygen atoms in total. The van der Waals surface area contributed by atoms with E-state index in [-0.39, 0.29) is 0 Å². The average molecular weight is 1370 g/mol. The first-order chi connectivity index (χ1) is 52.6. The minimum absolute atomic E-state index is 0.688. The fourth-order valence-electron chi connectivity index (χ4n) is 15.9. The molecule has 0 saturated heterocycles. The number of imidazole rings is 4. The second-order valence-corrected chi connectivity index (χ2v) is 26.4. The highest BCUT2D eigenvalue weighted by Crippen LogP contribution is 2.43. The van der Waals surface area contributed by atoms with Crippen molar-refractivity contribution in [1.82, 2.24) is 97.0 Å². The Morgan fingerprint density at radius 2 is 0.358 bits per heavy atom. The van der Waals surface area contributed by atoms with Crippen molar-refractivity contribution in [2.24, 2.45) is 0 Å². The first-order valence-electron chi connectivity index (χ1n) is 34.9. The second kappa shape index (κ2) is 22.2. The predicted octanol–water partition coefficient (Wildman–Crippen LogP) is 18.0. The second-order valence-electron chi connectivity index (χ2n) is 26.4. The molecule has 0 bridgehead atoms. The van der Waals surface area contributed by atoms with Crippen molar-refractivity contribution in [1.29, 1.82) is 0 Å². The van der Waals surface area contributed by atoms with Crippen molar-refractivity contribution in [3.8, 4) is 45.5 Å². The lowest BCUT2D eigenvalue weighted by Crippen LogP contribution is -2.13. The van der Waals surface area contributed by atoms with Gasteiger partial charge in [-0.2, -0.15) is 0 Å². The Morgan fingerprint density at radius 3 is 0.623 bits per heavy atom. The number of para-hydroxylation sites is 12. The smallest absolute Gasteiger partial charge is 0.220 e. The fraction of sp³-hybridized carbons (Fsp3) is 0. The molecule has 10 heterocycles. The molecule has 0 fully saturated rings. The van der Waals surface area contributed by atoms with Gasteiger partial charge in [0.05, 0.1) is 88.9 Å². The summed E-state index contributed by atoms with van der Waals surface area (Å²) in [5, 5.41) is 44.7. The summed E-state index contributed by atoms with van der Waals surface area (Å²) in [6.07, 6.45) is 0. The van der Waals surface area contributed by atoms with Crippen molar-refractivity contribution >= 4 is 143 Å². The Morgan fingerprint density at radius 1 is 0.160 bits per heavy atom. The first-order valence-corrected chi connectivity index (χ1v) is 34.9. The molecule has 14 aromatic carbocycles. The van der Waals surface area contributed by atoms with Crippen molar-refractivity contribution in [2.45, 2.75) is 0 Å². The Bertz CT molecular complexity index is 7080. The third-order valence-corrected chi connectivity index (χ3v) is 20.5. The molecule has 0 radical (unpaired) electrons. The molecule has 0 spiro atoms. The van der Waals surface area contributed by atoms with Gasteiger partial charge in [-0.1, -0.05) is 170 Å². The lowest BCUT2D eigenvalue weighted by atomic mass is 10.1. The van der Waals surface area contributed by atoms with Gasteiger partial charge in [0, 0.05) is 21.5 Å². The molecule has 24 aromatic rings. The van der Waals surface area contributed by atoms with Crippen LogP contribution in [0, 0.1) is 0 Å². The molecule has 0 aliphatic carbocycles. The van der Waals surface area contributed by atoms with Crippen LogP contribution in [0.4, 0.5) is 0 Å². The minimum atomic E-state index is 0.688. The van der Waals surface area contributed by atoms with Gasteiger partial charge < -0.3 is 9.13 Å². The topological polar surface area (TPSA) is 177 Å². The van der Waals surface area contributed by atoms with E-state index < -0.39 is 0 Å². The van der Waals surface area contributed by atoms with E-state index in [4.69, 9.17) is 50.8 Å². The number of aromatic nitrogens is 20. The largest absolute Gasteiger partial charge is 0.307 e. The summed E-state index contributed by atoms with van der Waals surface area (Å²) in [7, 11) is 0. The third-order valence-electron chi connectivity index (χ3n) is 20.5. The number of rotatable bonds is 8. The molecule has 0 atom stereocenters. The lowest BCUT2D eigenvalue weighted by Gasteiger charge is -2.20. The molecule has 0 aliphatic heterocycles. The molecule has 0 saturated carbocycles. The zero-order valence-electron chi connectivity index (χ0n) is 56.0. The van der Waals surface area contributed by atoms with Crippen LogP contribution in [-0.4, -0.2) is 97.0 Å². The van der Waals surface area contributed by atoms with Crippen LogP contribution in [0.2, 0.25) is 0 Å². The summed E-state index contributed by atoms with van der Waals surface area (Å²) in [6, 6.07) is 108. The van der Waals surface area contributed by atoms with Crippen LogP contribution in [0.25, 0.3) is 189 Å². The van der Waals surface area contributed by atoms with Gasteiger partial charge in [0.15, 0.2) is 0 Å². The van der Waals surface area contributed by atoms with Crippen LogP contribution in [-0.2, 0) is 0 Å². The number of hydrogen-bond acceptors (Lipinski definition) is 10. The molecular formula is C86H52N20. The number of nitrogens with zero attached hydrogens (tertiary/aromatic N) is 20. The third kappa shape index (κ3) is 8.44. The molecule has 106 heavy (non-hydrogen) atoms. The fourth-order valence-corrected chi connectivity index (χ4v) is 15.9. The Kier molecular flexibility index (Phi) is 12.0. The molecule has 0 amide bonds. The van der Waals surface area contributed by atoms with Crippen LogP contribution in [0.15, 0.2) is 315 Å². The molecule has 0 unspecified atom stereocenters. The SMILES string of the molecule is c1ccc2nn(-c3cc(-n4c5ccccc5c5ccccc54)c(-n4c5ccccc5c5ccccc54)cc3-n3nc4ccccc4n3)nc2c1.c1ccc2nn(-c3cc(-n4c5ccccc5n5c6ccccc6nc45)c(-n4c5ccccc5n5c6ccccc6nc45)cc3-n3nc4ccccc4n3)nc2c1. The summed E-state index contributed by atoms with van der Waals surface area (Å²) in [5.41, 5.74) is 25.2. The molecular weight excluding hydrogens is 1310 g/mol. The molecule has 10 aromatic heterocycles. The van der Waals surface area contributed by atoms with E-state index in [0.29, 0.717) is 11.4 Å². The van der Waals surface area contributed by atoms with Crippen LogP contribution in [0.3, 0.4) is 0 Å². The average Bonchev–Trinajstić information content (AvgIpc) is 1.34. The summed E-state index contributed by atoms with van der Waals surface area (Å²) in [5.74, 6) is 1.55. The first kappa shape index (κ1) is 57.6. The molecule has 24 rings (SSSR count). The zero-order valence-corrected chi connectivity index (χ0v) is 56.0. The van der Waals surface area contributed by atoms with Crippen LogP contribution in [0.5, 0.6) is 0 Å². The lowest BCUT2D eigenvalue weighted by molar-refractivity contribution is 0.715. The van der Waals surface area contributed by atoms with Crippen molar-refractivity contribution in [3.63, 3.8) is 0 Å². The van der Waals surface area contributed by atoms with E-state index in [0.717, 1.165) is 156 Å². The Hall–Kier alpha value is -15.2. The molecule has 20 heteroatoms. The van der Waals surface area contributed by atoms with E-state index >= 15 is 0 Å². The van der Waals surface area contributed by atoms with Gasteiger partial charge in [-0.25, -0.2) is 9.97 Å². The predicted molar refractivity (Wildman–Crippen MR) is 417 cm³/mol. The van der Waals surface area contributed by atoms with Gasteiger partial charge in [0.1, 0.15) is 66.9 Å². The van der Waals surface area contributed by atoms with Crippen molar-refractivity contribution in [3.05, 3.63) is 315 Å². The van der Waals surface area contributed by atoms with Gasteiger partial charge in [0.25, 0.3) is 0 Å². The van der Waals surface area contributed by atoms with Crippen molar-refractivity contribution in [2.75, 3.05) is 0 Å².